The summed E-state index contributed by atoms with van der Waals surface area (Å²) in [5.74, 6) is -0.695. The molecule has 1 aliphatic carbocycles. The summed E-state index contributed by atoms with van der Waals surface area (Å²) in [4.78, 5) is 45.1. The van der Waals surface area contributed by atoms with Gasteiger partial charge in [-0.25, -0.2) is 4.79 Å². The van der Waals surface area contributed by atoms with Crippen molar-refractivity contribution in [1.82, 2.24) is 9.88 Å². The van der Waals surface area contributed by atoms with Gasteiger partial charge in [-0.05, 0) is 62.4 Å². The molecule has 3 aromatic rings. The van der Waals surface area contributed by atoms with Crippen LogP contribution in [0.4, 0.5) is 11.4 Å². The van der Waals surface area contributed by atoms with E-state index in [9.17, 15) is 19.7 Å². The highest BCUT2D eigenvalue weighted by atomic mass is 16.6. The third-order valence-corrected chi connectivity index (χ3v) is 7.01. The molecule has 0 N–H and O–H groups in total. The zero-order valence-electron chi connectivity index (χ0n) is 20.2. The van der Waals surface area contributed by atoms with Crippen LogP contribution in [-0.4, -0.2) is 59.5 Å². The number of fused-ring (bicyclic) bond motifs is 2. The summed E-state index contributed by atoms with van der Waals surface area (Å²) < 4.78 is 5.57. The lowest BCUT2D eigenvalue weighted by atomic mass is 9.89. The average Bonchev–Trinajstić information content (AvgIpc) is 2.90. The van der Waals surface area contributed by atoms with E-state index in [0.717, 1.165) is 59.1 Å². The largest absolute Gasteiger partial charge is 0.452 e. The van der Waals surface area contributed by atoms with E-state index < -0.39 is 10.9 Å². The van der Waals surface area contributed by atoms with Gasteiger partial charge in [-0.2, -0.15) is 0 Å². The number of hydrogen-bond acceptors (Lipinski definition) is 7. The molecule has 1 fully saturated rings. The summed E-state index contributed by atoms with van der Waals surface area (Å²) in [6.45, 7) is 3.84. The Labute approximate surface area is 208 Å². The first-order valence-electron chi connectivity index (χ1n) is 12.3. The van der Waals surface area contributed by atoms with Gasteiger partial charge in [0.25, 0.3) is 11.6 Å². The number of anilines is 1. The highest BCUT2D eigenvalue weighted by Crippen LogP contribution is 2.30. The minimum Gasteiger partial charge on any atom is -0.452 e. The fourth-order valence-electron chi connectivity index (χ4n) is 5.06. The highest BCUT2D eigenvalue weighted by Gasteiger charge is 2.26. The number of benzene rings is 2. The number of nitro groups is 1. The second-order valence-corrected chi connectivity index (χ2v) is 9.36. The molecule has 1 amide bonds. The number of piperazine rings is 1. The Morgan fingerprint density at radius 1 is 1.03 bits per heavy atom. The molecule has 1 aliphatic heterocycles. The summed E-state index contributed by atoms with van der Waals surface area (Å²) >= 11 is 0. The van der Waals surface area contributed by atoms with Crippen LogP contribution in [0.25, 0.3) is 10.9 Å². The summed E-state index contributed by atoms with van der Waals surface area (Å²) in [5.41, 5.74) is 5.20. The maximum Gasteiger partial charge on any atom is 0.339 e. The van der Waals surface area contributed by atoms with Gasteiger partial charge in [0, 0.05) is 55.1 Å². The maximum atomic E-state index is 13.3. The Morgan fingerprint density at radius 3 is 2.47 bits per heavy atom. The first-order valence-corrected chi connectivity index (χ1v) is 12.3. The number of pyridine rings is 1. The summed E-state index contributed by atoms with van der Waals surface area (Å²) in [7, 11) is 0. The summed E-state index contributed by atoms with van der Waals surface area (Å²) in [5, 5.41) is 11.6. The number of hydrogen-bond donors (Lipinski definition) is 0. The van der Waals surface area contributed by atoms with Crippen molar-refractivity contribution in [2.45, 2.75) is 32.6 Å². The number of ether oxygens (including phenoxy) is 1. The first-order chi connectivity index (χ1) is 17.4. The van der Waals surface area contributed by atoms with E-state index in [2.05, 4.69) is 4.90 Å². The molecule has 2 aliphatic rings. The molecule has 2 heterocycles. The molecule has 0 saturated carbocycles. The average molecular weight is 489 g/mol. The third-order valence-electron chi connectivity index (χ3n) is 7.01. The van der Waals surface area contributed by atoms with Gasteiger partial charge in [0.2, 0.25) is 0 Å². The van der Waals surface area contributed by atoms with Gasteiger partial charge in [-0.15, -0.1) is 0 Å². The van der Waals surface area contributed by atoms with E-state index in [0.29, 0.717) is 31.7 Å². The lowest BCUT2D eigenvalue weighted by Crippen LogP contribution is -2.49. The van der Waals surface area contributed by atoms with Crippen molar-refractivity contribution in [3.05, 3.63) is 75.0 Å². The van der Waals surface area contributed by atoms with E-state index in [1.807, 2.05) is 25.1 Å². The van der Waals surface area contributed by atoms with Crippen LogP contribution in [0.2, 0.25) is 0 Å². The van der Waals surface area contributed by atoms with E-state index in [1.165, 1.54) is 12.1 Å². The number of non-ortho nitro benzene ring substituents is 1. The van der Waals surface area contributed by atoms with Crippen LogP contribution in [0.1, 0.15) is 40.0 Å². The fourth-order valence-corrected chi connectivity index (χ4v) is 5.06. The van der Waals surface area contributed by atoms with Crippen molar-refractivity contribution < 1.29 is 19.2 Å². The SMILES string of the molecule is Cc1ccc2nc3c(c(C(=O)OCC(=O)N4CCN(c5ccc([N+](=O)[O-])cc5)CC4)c2c1)CCCC3. The number of nitrogens with zero attached hydrogens (tertiary/aromatic N) is 4. The Kier molecular flexibility index (Phi) is 6.54. The molecule has 0 atom stereocenters. The Balaban J connectivity index is 1.24. The summed E-state index contributed by atoms with van der Waals surface area (Å²) in [6.07, 6.45) is 3.69. The molecule has 0 unspecified atom stereocenters. The number of aromatic nitrogens is 1. The maximum absolute atomic E-state index is 13.3. The van der Waals surface area contributed by atoms with E-state index in [4.69, 9.17) is 9.72 Å². The Bertz CT molecular complexity index is 1330. The van der Waals surface area contributed by atoms with Crippen molar-refractivity contribution in [3.8, 4) is 0 Å². The molecule has 0 bridgehead atoms. The van der Waals surface area contributed by atoms with Crippen LogP contribution < -0.4 is 4.90 Å². The third kappa shape index (κ3) is 4.73. The molecule has 0 radical (unpaired) electrons. The van der Waals surface area contributed by atoms with Gasteiger partial charge in [0.1, 0.15) is 0 Å². The van der Waals surface area contributed by atoms with Gasteiger partial charge < -0.3 is 14.5 Å². The minimum absolute atomic E-state index is 0.0489. The first kappa shape index (κ1) is 23.7. The zero-order valence-corrected chi connectivity index (χ0v) is 20.2. The van der Waals surface area contributed by atoms with Crippen LogP contribution in [0, 0.1) is 17.0 Å². The smallest absolute Gasteiger partial charge is 0.339 e. The van der Waals surface area contributed by atoms with Crippen molar-refractivity contribution >= 4 is 34.2 Å². The molecule has 1 saturated heterocycles. The quantitative estimate of drug-likeness (QED) is 0.305. The summed E-state index contributed by atoms with van der Waals surface area (Å²) in [6, 6.07) is 12.3. The van der Waals surface area contributed by atoms with Crippen molar-refractivity contribution in [2.24, 2.45) is 0 Å². The number of carbonyl (C=O) groups excluding carboxylic acids is 2. The van der Waals surface area contributed by atoms with Gasteiger partial charge >= 0.3 is 5.97 Å². The Hall–Kier alpha value is -4.01. The second kappa shape index (κ2) is 9.93. The molecule has 9 nitrogen and oxygen atoms in total. The van der Waals surface area contributed by atoms with Gasteiger partial charge in [0.05, 0.1) is 16.0 Å². The number of aryl methyl sites for hydroxylation is 2. The number of nitro benzene ring substituents is 1. The topological polar surface area (TPSA) is 106 Å². The highest BCUT2D eigenvalue weighted by molar-refractivity contribution is 6.05. The number of carbonyl (C=O) groups is 2. The molecule has 2 aromatic carbocycles. The van der Waals surface area contributed by atoms with Gasteiger partial charge in [-0.3, -0.25) is 19.9 Å². The van der Waals surface area contributed by atoms with Crippen LogP contribution in [0.5, 0.6) is 0 Å². The minimum atomic E-state index is -0.469. The van der Waals surface area contributed by atoms with E-state index in [1.54, 1.807) is 17.0 Å². The van der Waals surface area contributed by atoms with Crippen LogP contribution in [0.3, 0.4) is 0 Å². The molecular formula is C27H28N4O5. The monoisotopic (exact) mass is 488 g/mol. The van der Waals surface area contributed by atoms with Crippen LogP contribution >= 0.6 is 0 Å². The molecule has 0 spiro atoms. The Morgan fingerprint density at radius 2 is 1.75 bits per heavy atom. The van der Waals surface area contributed by atoms with Crippen molar-refractivity contribution in [2.75, 3.05) is 37.7 Å². The zero-order chi connectivity index (χ0) is 25.2. The second-order valence-electron chi connectivity index (χ2n) is 9.36. The lowest BCUT2D eigenvalue weighted by Gasteiger charge is -2.36. The number of amides is 1. The fraction of sp³-hybridized carbons (Fsp3) is 0.370. The van der Waals surface area contributed by atoms with Gasteiger partial charge in [0.15, 0.2) is 6.61 Å². The van der Waals surface area contributed by atoms with Gasteiger partial charge in [-0.1, -0.05) is 11.6 Å². The number of rotatable bonds is 5. The lowest BCUT2D eigenvalue weighted by molar-refractivity contribution is -0.384. The molecular weight excluding hydrogens is 460 g/mol. The molecule has 186 valence electrons. The molecule has 9 heteroatoms. The van der Waals surface area contributed by atoms with Crippen molar-refractivity contribution in [3.63, 3.8) is 0 Å². The van der Waals surface area contributed by atoms with Crippen molar-refractivity contribution in [1.29, 1.82) is 0 Å². The van der Waals surface area contributed by atoms with Crippen LogP contribution in [0.15, 0.2) is 42.5 Å². The van der Waals surface area contributed by atoms with E-state index >= 15 is 0 Å². The molecule has 36 heavy (non-hydrogen) atoms. The molecule has 5 rings (SSSR count). The molecule has 1 aromatic heterocycles. The normalized spacial score (nSPS) is 15.5. The predicted octanol–water partition coefficient (Wildman–Crippen LogP) is 3.84. The standard InChI is InChI=1S/C27H28N4O5/c1-18-6-11-24-22(16-18)26(21-4-2-3-5-23(21)28-24)27(33)36-17-25(32)30-14-12-29(13-15-30)19-7-9-20(10-8-19)31(34)35/h6-11,16H,2-5,12-15,17H2,1H3. The predicted molar refractivity (Wildman–Crippen MR) is 135 cm³/mol. The van der Waals surface area contributed by atoms with Crippen LogP contribution in [-0.2, 0) is 22.4 Å². The number of esters is 1. The van der Waals surface area contributed by atoms with E-state index in [-0.39, 0.29) is 18.2 Å².